The second-order valence-electron chi connectivity index (χ2n) is 14.2. The molecule has 3 heterocycles. The van der Waals surface area contributed by atoms with Crippen molar-refractivity contribution >= 4 is 28.0 Å². The lowest BCUT2D eigenvalue weighted by atomic mass is 9.96. The van der Waals surface area contributed by atoms with Gasteiger partial charge in [0.05, 0.1) is 11.3 Å². The van der Waals surface area contributed by atoms with E-state index in [-0.39, 0.29) is 0 Å². The van der Waals surface area contributed by atoms with Crippen LogP contribution in [0.5, 0.6) is 0 Å². The van der Waals surface area contributed by atoms with Crippen LogP contribution in [0.1, 0.15) is 18.3 Å². The van der Waals surface area contributed by atoms with Crippen molar-refractivity contribution < 1.29 is 4.42 Å². The Bertz CT molecular complexity index is 3160. The molecule has 6 heteroatoms. The van der Waals surface area contributed by atoms with Crippen LogP contribution in [0.15, 0.2) is 186 Å². The van der Waals surface area contributed by atoms with E-state index in [1.54, 1.807) is 0 Å². The van der Waals surface area contributed by atoms with Crippen LogP contribution in [-0.2, 0) is 0 Å². The smallest absolute Gasteiger partial charge is 0.164 e. The van der Waals surface area contributed by atoms with Crippen molar-refractivity contribution in [2.75, 3.05) is 0 Å². The third kappa shape index (κ3) is 6.47. The van der Waals surface area contributed by atoms with Gasteiger partial charge in [0.25, 0.3) is 0 Å². The highest BCUT2D eigenvalue weighted by atomic mass is 16.3. The van der Waals surface area contributed by atoms with Crippen molar-refractivity contribution in [2.24, 2.45) is 0 Å². The number of allylic oxidation sites excluding steroid dienone is 1. The monoisotopic (exact) mass is 757 g/mol. The van der Waals surface area contributed by atoms with E-state index in [0.717, 1.165) is 66.7 Å². The van der Waals surface area contributed by atoms with Gasteiger partial charge in [-0.15, -0.1) is 6.42 Å². The van der Waals surface area contributed by atoms with Gasteiger partial charge in [-0.1, -0.05) is 140 Å². The minimum atomic E-state index is 0.537. The van der Waals surface area contributed by atoms with Crippen LogP contribution < -0.4 is 0 Å². The molecule has 0 bridgehead atoms. The Kier molecular flexibility index (Phi) is 9.02. The Hall–Kier alpha value is -8.14. The maximum absolute atomic E-state index is 6.80. The fourth-order valence-electron chi connectivity index (χ4n) is 7.77. The summed E-state index contributed by atoms with van der Waals surface area (Å²) in [6, 6.07) is 59.7. The quantitative estimate of drug-likeness (QED) is 0.144. The number of imidazole rings is 1. The Morgan fingerprint density at radius 2 is 1.07 bits per heavy atom. The molecule has 0 radical (unpaired) electrons. The van der Waals surface area contributed by atoms with Gasteiger partial charge in [0.15, 0.2) is 17.5 Å². The normalized spacial score (nSPS) is 11.4. The summed E-state index contributed by atoms with van der Waals surface area (Å²) in [6.45, 7) is 1.97. The van der Waals surface area contributed by atoms with Crippen LogP contribution >= 0.6 is 0 Å². The number of nitrogens with zero attached hydrogens (tertiary/aromatic N) is 5. The van der Waals surface area contributed by atoms with Gasteiger partial charge < -0.3 is 4.42 Å². The number of furan rings is 1. The molecule has 278 valence electrons. The van der Waals surface area contributed by atoms with E-state index in [0.29, 0.717) is 40.2 Å². The number of hydrogen-bond donors (Lipinski definition) is 0. The highest BCUT2D eigenvalue weighted by Crippen LogP contribution is 2.41. The van der Waals surface area contributed by atoms with Gasteiger partial charge in [0, 0.05) is 33.2 Å². The first-order valence-corrected chi connectivity index (χ1v) is 19.5. The summed E-state index contributed by atoms with van der Waals surface area (Å²) in [7, 11) is 0. The van der Waals surface area contributed by atoms with Crippen molar-refractivity contribution in [1.29, 1.82) is 0 Å². The molecule has 0 amide bonds. The third-order valence-electron chi connectivity index (χ3n) is 10.5. The van der Waals surface area contributed by atoms with Gasteiger partial charge in [-0.3, -0.25) is 4.57 Å². The Labute approximate surface area is 341 Å². The standard InChI is InChI=1S/C53H35N5O/c1-3-19-46-45(4-2)54-53(58(46)41-26-15-8-16-27-41)44-30-17-28-42-48-43(29-18-31-47(48)59-49(42)44)52-56-50(37-24-13-7-14-25-37)55-51(57-52)40-33-38(35-20-9-5-10-21-35)32-39(34-40)36-22-11-6-12-23-36/h2-3,5-34H,1H3/b19-3-. The van der Waals surface area contributed by atoms with Gasteiger partial charge in [0.2, 0.25) is 0 Å². The molecule has 10 rings (SSSR count). The first-order chi connectivity index (χ1) is 29.2. The van der Waals surface area contributed by atoms with Crippen molar-refractivity contribution in [3.63, 3.8) is 0 Å². The third-order valence-corrected chi connectivity index (χ3v) is 10.5. The van der Waals surface area contributed by atoms with Crippen LogP contribution in [-0.4, -0.2) is 24.5 Å². The average Bonchev–Trinajstić information content (AvgIpc) is 3.88. The molecule has 0 N–H and O–H groups in total. The second kappa shape index (κ2) is 15.1. The molecule has 0 unspecified atom stereocenters. The molecular formula is C53H35N5O. The zero-order valence-corrected chi connectivity index (χ0v) is 32.1. The number of fused-ring (bicyclic) bond motifs is 3. The predicted molar refractivity (Wildman–Crippen MR) is 239 cm³/mol. The van der Waals surface area contributed by atoms with Crippen molar-refractivity contribution in [3.8, 4) is 85.8 Å². The second-order valence-corrected chi connectivity index (χ2v) is 14.2. The van der Waals surface area contributed by atoms with E-state index >= 15 is 0 Å². The number of rotatable bonds is 8. The molecule has 0 aliphatic carbocycles. The summed E-state index contributed by atoms with van der Waals surface area (Å²) in [5, 5.41) is 1.80. The van der Waals surface area contributed by atoms with E-state index in [9.17, 15) is 0 Å². The lowest BCUT2D eigenvalue weighted by molar-refractivity contribution is 0.669. The highest BCUT2D eigenvalue weighted by molar-refractivity contribution is 6.14. The molecule has 59 heavy (non-hydrogen) atoms. The van der Waals surface area contributed by atoms with E-state index < -0.39 is 0 Å². The summed E-state index contributed by atoms with van der Waals surface area (Å²) >= 11 is 0. The largest absolute Gasteiger partial charge is 0.455 e. The van der Waals surface area contributed by atoms with Gasteiger partial charge in [0.1, 0.15) is 22.7 Å². The molecule has 0 aliphatic heterocycles. The molecule has 7 aromatic carbocycles. The highest BCUT2D eigenvalue weighted by Gasteiger charge is 2.24. The molecule has 0 fully saturated rings. The summed E-state index contributed by atoms with van der Waals surface area (Å²) in [5.41, 5.74) is 11.5. The molecule has 10 aromatic rings. The zero-order valence-electron chi connectivity index (χ0n) is 32.1. The van der Waals surface area contributed by atoms with Crippen LogP contribution in [0, 0.1) is 12.3 Å². The molecule has 0 atom stereocenters. The number of terminal acetylenes is 1. The minimum absolute atomic E-state index is 0.537. The van der Waals surface area contributed by atoms with Crippen LogP contribution in [0.4, 0.5) is 0 Å². The number of aromatic nitrogens is 5. The molecule has 0 saturated carbocycles. The van der Waals surface area contributed by atoms with E-state index in [1.165, 1.54) is 0 Å². The zero-order chi connectivity index (χ0) is 39.7. The van der Waals surface area contributed by atoms with Crippen molar-refractivity contribution in [3.05, 3.63) is 193 Å². The maximum Gasteiger partial charge on any atom is 0.164 e. The molecule has 0 spiro atoms. The van der Waals surface area contributed by atoms with Gasteiger partial charge in [-0.25, -0.2) is 19.9 Å². The van der Waals surface area contributed by atoms with E-state index in [2.05, 4.69) is 101 Å². The van der Waals surface area contributed by atoms with Gasteiger partial charge >= 0.3 is 0 Å². The Morgan fingerprint density at radius 3 is 1.69 bits per heavy atom. The van der Waals surface area contributed by atoms with E-state index in [1.807, 2.05) is 104 Å². The summed E-state index contributed by atoms with van der Waals surface area (Å²) in [6.07, 6.45) is 10.0. The average molecular weight is 758 g/mol. The summed E-state index contributed by atoms with van der Waals surface area (Å²) < 4.78 is 8.89. The predicted octanol–water partition coefficient (Wildman–Crippen LogP) is 13.0. The lowest BCUT2D eigenvalue weighted by Gasteiger charge is -2.13. The maximum atomic E-state index is 6.80. The molecule has 6 nitrogen and oxygen atoms in total. The van der Waals surface area contributed by atoms with Crippen LogP contribution in [0.3, 0.4) is 0 Å². The number of para-hydroxylation sites is 2. The van der Waals surface area contributed by atoms with Gasteiger partial charge in [-0.2, -0.15) is 0 Å². The first kappa shape index (κ1) is 35.3. The van der Waals surface area contributed by atoms with Crippen LogP contribution in [0.25, 0.3) is 102 Å². The van der Waals surface area contributed by atoms with Crippen LogP contribution in [0.2, 0.25) is 0 Å². The van der Waals surface area contributed by atoms with E-state index in [4.69, 9.17) is 30.8 Å². The number of benzene rings is 7. The topological polar surface area (TPSA) is 69.6 Å². The first-order valence-electron chi connectivity index (χ1n) is 19.5. The van der Waals surface area contributed by atoms with Crippen molar-refractivity contribution in [2.45, 2.75) is 6.92 Å². The van der Waals surface area contributed by atoms with Crippen molar-refractivity contribution in [1.82, 2.24) is 24.5 Å². The SMILES string of the molecule is C#Cc1nc(-c2cccc3c2oc2cccc(-c4nc(-c5ccccc5)nc(-c5cc(-c6ccccc6)cc(-c6ccccc6)c5)n4)c23)n(-c2ccccc2)c1/C=C\C. The summed E-state index contributed by atoms with van der Waals surface area (Å²) in [4.78, 5) is 20.6. The summed E-state index contributed by atoms with van der Waals surface area (Å²) in [5.74, 6) is 5.18. The molecule has 3 aromatic heterocycles. The molecule has 0 aliphatic rings. The molecular weight excluding hydrogens is 723 g/mol. The Balaban J connectivity index is 1.21. The van der Waals surface area contributed by atoms with Gasteiger partial charge in [-0.05, 0) is 83.6 Å². The number of hydrogen-bond acceptors (Lipinski definition) is 5. The fourth-order valence-corrected chi connectivity index (χ4v) is 7.77. The Morgan fingerprint density at radius 1 is 0.525 bits per heavy atom. The fraction of sp³-hybridized carbons (Fsp3) is 0.0189. The molecule has 0 saturated heterocycles. The minimum Gasteiger partial charge on any atom is -0.455 e. The lowest BCUT2D eigenvalue weighted by Crippen LogP contribution is -2.01.